The highest BCUT2D eigenvalue weighted by Crippen LogP contribution is 2.34. The molecule has 7 heteroatoms. The molecule has 2 aromatic rings. The predicted molar refractivity (Wildman–Crippen MR) is 99.1 cm³/mol. The lowest BCUT2D eigenvalue weighted by Crippen LogP contribution is -2.36. The van der Waals surface area contributed by atoms with E-state index in [0.717, 1.165) is 25.7 Å². The average Bonchev–Trinajstić information content (AvgIpc) is 3.16. The summed E-state index contributed by atoms with van der Waals surface area (Å²) in [6, 6.07) is 8.51. The van der Waals surface area contributed by atoms with Crippen molar-refractivity contribution in [3.63, 3.8) is 0 Å². The first kappa shape index (κ1) is 17.3. The number of carbonyl (C=O) groups excluding carboxylic acids is 2. The van der Waals surface area contributed by atoms with Gasteiger partial charge in [-0.05, 0) is 37.1 Å². The first-order valence-electron chi connectivity index (χ1n) is 9.17. The number of benzene rings is 1. The van der Waals surface area contributed by atoms with E-state index in [1.807, 2.05) is 0 Å². The molecule has 27 heavy (non-hydrogen) atoms. The van der Waals surface area contributed by atoms with Crippen molar-refractivity contribution in [3.8, 4) is 11.5 Å². The van der Waals surface area contributed by atoms with E-state index >= 15 is 0 Å². The summed E-state index contributed by atoms with van der Waals surface area (Å²) in [5, 5.41) is 5.82. The third-order valence-electron chi connectivity index (χ3n) is 4.83. The number of nitrogens with zero attached hydrogens (tertiary/aromatic N) is 1. The van der Waals surface area contributed by atoms with Gasteiger partial charge in [-0.2, -0.15) is 0 Å². The second kappa shape index (κ2) is 7.65. The second-order valence-electron chi connectivity index (χ2n) is 6.76. The van der Waals surface area contributed by atoms with Crippen LogP contribution in [0.5, 0.6) is 11.5 Å². The lowest BCUT2D eigenvalue weighted by Gasteiger charge is -2.22. The van der Waals surface area contributed by atoms with Crippen LogP contribution in [0.3, 0.4) is 0 Å². The smallest absolute Gasteiger partial charge is 0.274 e. The maximum Gasteiger partial charge on any atom is 0.274 e. The number of aromatic nitrogens is 1. The highest BCUT2D eigenvalue weighted by molar-refractivity contribution is 6.05. The predicted octanol–water partition coefficient (Wildman–Crippen LogP) is 3.13. The van der Waals surface area contributed by atoms with E-state index in [1.54, 1.807) is 24.3 Å². The van der Waals surface area contributed by atoms with E-state index in [9.17, 15) is 9.59 Å². The number of nitrogens with one attached hydrogen (secondary N) is 2. The molecule has 2 N–H and O–H groups in total. The highest BCUT2D eigenvalue weighted by atomic mass is 16.7. The number of ether oxygens (including phenoxy) is 2. The third kappa shape index (κ3) is 4.02. The molecule has 1 aliphatic carbocycles. The van der Waals surface area contributed by atoms with Crippen molar-refractivity contribution in [1.29, 1.82) is 0 Å². The molecule has 0 atom stereocenters. The molecular weight excluding hydrogens is 346 g/mol. The minimum atomic E-state index is -0.388. The molecule has 0 spiro atoms. The summed E-state index contributed by atoms with van der Waals surface area (Å²) in [7, 11) is 0. The molecule has 1 saturated carbocycles. The molecule has 1 aromatic carbocycles. The zero-order valence-corrected chi connectivity index (χ0v) is 14.9. The SMILES string of the molecule is O=C(NC1CCCCC1)c1ccnc(C(=O)Nc2ccc3c(c2)OCO3)c1. The van der Waals surface area contributed by atoms with Crippen molar-refractivity contribution in [2.75, 3.05) is 12.1 Å². The Morgan fingerprint density at radius 2 is 1.78 bits per heavy atom. The maximum absolute atomic E-state index is 12.5. The van der Waals surface area contributed by atoms with Gasteiger partial charge in [0.15, 0.2) is 11.5 Å². The fourth-order valence-corrected chi connectivity index (χ4v) is 3.38. The van der Waals surface area contributed by atoms with Crippen LogP contribution in [0.1, 0.15) is 53.0 Å². The molecule has 140 valence electrons. The Morgan fingerprint density at radius 1 is 0.963 bits per heavy atom. The molecule has 2 heterocycles. The minimum Gasteiger partial charge on any atom is -0.454 e. The Morgan fingerprint density at radius 3 is 2.63 bits per heavy atom. The standard InChI is InChI=1S/C20H21N3O4/c24-19(22-14-4-2-1-3-5-14)13-8-9-21-16(10-13)20(25)23-15-6-7-17-18(11-15)27-12-26-17/h6-11,14H,1-5,12H2,(H,22,24)(H,23,25). The molecule has 0 bridgehead atoms. The van der Waals surface area contributed by atoms with Gasteiger partial charge in [-0.1, -0.05) is 19.3 Å². The van der Waals surface area contributed by atoms with Crippen LogP contribution >= 0.6 is 0 Å². The largest absolute Gasteiger partial charge is 0.454 e. The van der Waals surface area contributed by atoms with Crippen LogP contribution in [0.25, 0.3) is 0 Å². The van der Waals surface area contributed by atoms with E-state index in [0.29, 0.717) is 22.7 Å². The van der Waals surface area contributed by atoms with Gasteiger partial charge in [-0.25, -0.2) is 0 Å². The Bertz CT molecular complexity index is 862. The Balaban J connectivity index is 1.43. The Kier molecular flexibility index (Phi) is 4.91. The molecule has 1 aromatic heterocycles. The van der Waals surface area contributed by atoms with Crippen LogP contribution in [0.15, 0.2) is 36.5 Å². The van der Waals surface area contributed by atoms with Gasteiger partial charge in [0.25, 0.3) is 11.8 Å². The summed E-state index contributed by atoms with van der Waals surface area (Å²) in [6.07, 6.45) is 7.01. The first-order valence-corrected chi connectivity index (χ1v) is 9.17. The number of anilines is 1. The topological polar surface area (TPSA) is 89.6 Å². The molecule has 2 amide bonds. The summed E-state index contributed by atoms with van der Waals surface area (Å²) in [5.41, 5.74) is 1.19. The number of rotatable bonds is 4. The monoisotopic (exact) mass is 367 g/mol. The van der Waals surface area contributed by atoms with E-state index in [4.69, 9.17) is 9.47 Å². The number of hydrogen-bond acceptors (Lipinski definition) is 5. The Hall–Kier alpha value is -3.09. The summed E-state index contributed by atoms with van der Waals surface area (Å²) in [6.45, 7) is 0.173. The van der Waals surface area contributed by atoms with Crippen LogP contribution < -0.4 is 20.1 Å². The number of amides is 2. The number of pyridine rings is 1. The van der Waals surface area contributed by atoms with Crippen LogP contribution in [0.4, 0.5) is 5.69 Å². The zero-order valence-electron chi connectivity index (χ0n) is 14.9. The van der Waals surface area contributed by atoms with E-state index in [2.05, 4.69) is 15.6 Å². The zero-order chi connectivity index (χ0) is 18.6. The van der Waals surface area contributed by atoms with E-state index in [1.165, 1.54) is 18.7 Å². The van der Waals surface area contributed by atoms with Crippen LogP contribution in [-0.4, -0.2) is 29.6 Å². The van der Waals surface area contributed by atoms with Crippen molar-refractivity contribution in [1.82, 2.24) is 10.3 Å². The fourth-order valence-electron chi connectivity index (χ4n) is 3.38. The number of hydrogen-bond donors (Lipinski definition) is 2. The number of fused-ring (bicyclic) bond motifs is 1. The van der Waals surface area contributed by atoms with Gasteiger partial charge in [-0.15, -0.1) is 0 Å². The van der Waals surface area contributed by atoms with Gasteiger partial charge in [0, 0.05) is 29.6 Å². The third-order valence-corrected chi connectivity index (χ3v) is 4.83. The summed E-state index contributed by atoms with van der Waals surface area (Å²) in [4.78, 5) is 29.1. The quantitative estimate of drug-likeness (QED) is 0.867. The van der Waals surface area contributed by atoms with Gasteiger partial charge in [0.05, 0.1) is 0 Å². The van der Waals surface area contributed by atoms with Crippen molar-refractivity contribution in [2.45, 2.75) is 38.1 Å². The normalized spacial score (nSPS) is 16.0. The van der Waals surface area contributed by atoms with Crippen LogP contribution in [-0.2, 0) is 0 Å². The molecule has 1 aliphatic heterocycles. The lowest BCUT2D eigenvalue weighted by molar-refractivity contribution is 0.0927. The van der Waals surface area contributed by atoms with Gasteiger partial charge >= 0.3 is 0 Å². The molecule has 0 unspecified atom stereocenters. The Labute approximate surface area is 157 Å². The summed E-state index contributed by atoms with van der Waals surface area (Å²) in [5.74, 6) is 0.677. The van der Waals surface area contributed by atoms with Gasteiger partial charge in [-0.3, -0.25) is 14.6 Å². The van der Waals surface area contributed by atoms with Crippen molar-refractivity contribution >= 4 is 17.5 Å². The molecule has 7 nitrogen and oxygen atoms in total. The molecule has 4 rings (SSSR count). The van der Waals surface area contributed by atoms with Crippen molar-refractivity contribution < 1.29 is 19.1 Å². The van der Waals surface area contributed by atoms with Gasteiger partial charge in [0.2, 0.25) is 6.79 Å². The summed E-state index contributed by atoms with van der Waals surface area (Å²) >= 11 is 0. The second-order valence-corrected chi connectivity index (χ2v) is 6.76. The van der Waals surface area contributed by atoms with E-state index in [-0.39, 0.29) is 30.3 Å². The molecular formula is C20H21N3O4. The van der Waals surface area contributed by atoms with Gasteiger partial charge in [0.1, 0.15) is 5.69 Å². The van der Waals surface area contributed by atoms with Crippen LogP contribution in [0, 0.1) is 0 Å². The highest BCUT2D eigenvalue weighted by Gasteiger charge is 2.19. The molecule has 1 fully saturated rings. The average molecular weight is 367 g/mol. The van der Waals surface area contributed by atoms with Crippen LogP contribution in [0.2, 0.25) is 0 Å². The maximum atomic E-state index is 12.5. The first-order chi connectivity index (χ1) is 13.2. The van der Waals surface area contributed by atoms with Crippen molar-refractivity contribution in [2.24, 2.45) is 0 Å². The number of carbonyl (C=O) groups is 2. The molecule has 0 saturated heterocycles. The van der Waals surface area contributed by atoms with Crippen molar-refractivity contribution in [3.05, 3.63) is 47.8 Å². The molecule has 0 radical (unpaired) electrons. The summed E-state index contributed by atoms with van der Waals surface area (Å²) < 4.78 is 10.6. The molecule has 2 aliphatic rings. The van der Waals surface area contributed by atoms with E-state index < -0.39 is 0 Å². The fraction of sp³-hybridized carbons (Fsp3) is 0.350. The minimum absolute atomic E-state index is 0.165. The lowest BCUT2D eigenvalue weighted by atomic mass is 9.95. The van der Waals surface area contributed by atoms with Gasteiger partial charge < -0.3 is 20.1 Å².